The fraction of sp³-hybridized carbons (Fsp3) is 0.500. The van der Waals surface area contributed by atoms with Gasteiger partial charge < -0.3 is 5.32 Å². The first-order chi connectivity index (χ1) is 9.08. The topological polar surface area (TPSA) is 29.1 Å². The van der Waals surface area contributed by atoms with Crippen molar-refractivity contribution < 1.29 is 4.79 Å². The Kier molecular flexibility index (Phi) is 5.43. The zero-order valence-electron chi connectivity index (χ0n) is 10.8. The van der Waals surface area contributed by atoms with Crippen molar-refractivity contribution >= 4 is 40.9 Å². The molecule has 1 aliphatic carbocycles. The van der Waals surface area contributed by atoms with Gasteiger partial charge in [0.05, 0.1) is 15.3 Å². The zero-order valence-corrected chi connectivity index (χ0v) is 13.1. The van der Waals surface area contributed by atoms with Crippen molar-refractivity contribution in [3.8, 4) is 0 Å². The molecule has 5 heteroatoms. The third kappa shape index (κ3) is 4.04. The molecule has 0 unspecified atom stereocenters. The van der Waals surface area contributed by atoms with Crippen molar-refractivity contribution in [2.45, 2.75) is 48.8 Å². The average molecular weight is 318 g/mol. The molecule has 104 valence electrons. The maximum atomic E-state index is 12.1. The first-order valence-electron chi connectivity index (χ1n) is 6.49. The summed E-state index contributed by atoms with van der Waals surface area (Å²) in [5, 5.41) is 4.09. The molecule has 1 amide bonds. The highest BCUT2D eigenvalue weighted by molar-refractivity contribution is 8.00. The average Bonchev–Trinajstić information content (AvgIpc) is 2.86. The maximum absolute atomic E-state index is 12.1. The van der Waals surface area contributed by atoms with E-state index in [0.717, 1.165) is 17.7 Å². The van der Waals surface area contributed by atoms with Gasteiger partial charge in [-0.15, -0.1) is 11.8 Å². The number of carbonyl (C=O) groups is 1. The van der Waals surface area contributed by atoms with Crippen LogP contribution in [-0.4, -0.2) is 17.2 Å². The number of hydrogen-bond donors (Lipinski definition) is 1. The molecular weight excluding hydrogens is 301 g/mol. The van der Waals surface area contributed by atoms with Crippen LogP contribution in [0.15, 0.2) is 23.1 Å². The van der Waals surface area contributed by atoms with Crippen LogP contribution >= 0.6 is 35.0 Å². The van der Waals surface area contributed by atoms with E-state index in [-0.39, 0.29) is 11.2 Å². The third-order valence-electron chi connectivity index (χ3n) is 3.28. The quantitative estimate of drug-likeness (QED) is 0.826. The van der Waals surface area contributed by atoms with Gasteiger partial charge in [-0.05, 0) is 31.9 Å². The molecule has 0 radical (unpaired) electrons. The van der Waals surface area contributed by atoms with Gasteiger partial charge in [-0.3, -0.25) is 4.79 Å². The molecule has 0 aromatic heterocycles. The number of benzene rings is 1. The van der Waals surface area contributed by atoms with E-state index in [1.54, 1.807) is 18.2 Å². The van der Waals surface area contributed by atoms with E-state index in [1.807, 2.05) is 6.92 Å². The summed E-state index contributed by atoms with van der Waals surface area (Å²) in [7, 11) is 0. The highest BCUT2D eigenvalue weighted by Gasteiger charge is 2.22. The highest BCUT2D eigenvalue weighted by atomic mass is 35.5. The molecule has 2 nitrogen and oxygen atoms in total. The molecular formula is C14H17Cl2NOS. The van der Waals surface area contributed by atoms with Crippen molar-refractivity contribution in [1.82, 2.24) is 5.32 Å². The standard InChI is InChI=1S/C14H17Cl2NOS/c1-9(14(18)17-10-5-2-3-6-10)19-13-11(15)7-4-8-12(13)16/h4,7-10H,2-3,5-6H2,1H3,(H,17,18)/t9-/m0/s1. The van der Waals surface area contributed by atoms with Gasteiger partial charge >= 0.3 is 0 Å². The summed E-state index contributed by atoms with van der Waals surface area (Å²) >= 11 is 13.6. The lowest BCUT2D eigenvalue weighted by Gasteiger charge is -2.17. The van der Waals surface area contributed by atoms with Gasteiger partial charge in [-0.25, -0.2) is 0 Å². The Bertz CT molecular complexity index is 441. The second-order valence-electron chi connectivity index (χ2n) is 4.80. The molecule has 0 bridgehead atoms. The largest absolute Gasteiger partial charge is 0.352 e. The highest BCUT2D eigenvalue weighted by Crippen LogP contribution is 2.36. The maximum Gasteiger partial charge on any atom is 0.233 e. The molecule has 19 heavy (non-hydrogen) atoms. The lowest BCUT2D eigenvalue weighted by molar-refractivity contribution is -0.120. The molecule has 1 fully saturated rings. The Morgan fingerprint density at radius 3 is 2.47 bits per heavy atom. The zero-order chi connectivity index (χ0) is 13.8. The van der Waals surface area contributed by atoms with Crippen LogP contribution in [0, 0.1) is 0 Å². The molecule has 0 saturated heterocycles. The minimum absolute atomic E-state index is 0.0629. The second-order valence-corrected chi connectivity index (χ2v) is 6.97. The first kappa shape index (κ1) is 15.0. The van der Waals surface area contributed by atoms with Gasteiger partial charge in [0.15, 0.2) is 0 Å². The summed E-state index contributed by atoms with van der Waals surface area (Å²) in [6.45, 7) is 1.88. The van der Waals surface area contributed by atoms with Gasteiger partial charge in [0, 0.05) is 10.9 Å². The Balaban J connectivity index is 1.96. The van der Waals surface area contributed by atoms with Crippen LogP contribution in [0.2, 0.25) is 10.0 Å². The number of thioether (sulfide) groups is 1. The van der Waals surface area contributed by atoms with Crippen molar-refractivity contribution in [2.24, 2.45) is 0 Å². The van der Waals surface area contributed by atoms with Crippen LogP contribution in [0.4, 0.5) is 0 Å². The molecule has 0 heterocycles. The summed E-state index contributed by atoms with van der Waals surface area (Å²) in [4.78, 5) is 12.9. The number of rotatable bonds is 4. The minimum atomic E-state index is -0.196. The fourth-order valence-corrected chi connectivity index (χ4v) is 3.77. The number of amides is 1. The minimum Gasteiger partial charge on any atom is -0.352 e. The smallest absolute Gasteiger partial charge is 0.233 e. The lowest BCUT2D eigenvalue weighted by atomic mass is 10.2. The van der Waals surface area contributed by atoms with Crippen molar-refractivity contribution in [3.05, 3.63) is 28.2 Å². The summed E-state index contributed by atoms with van der Waals surface area (Å²) in [5.41, 5.74) is 0. The van der Waals surface area contributed by atoms with E-state index in [9.17, 15) is 4.79 Å². The lowest BCUT2D eigenvalue weighted by Crippen LogP contribution is -2.37. The second kappa shape index (κ2) is 6.87. The van der Waals surface area contributed by atoms with Crippen LogP contribution in [0.1, 0.15) is 32.6 Å². The number of carbonyl (C=O) groups excluding carboxylic acids is 1. The van der Waals surface area contributed by atoms with Crippen LogP contribution in [-0.2, 0) is 4.79 Å². The fourth-order valence-electron chi connectivity index (χ4n) is 2.21. The van der Waals surface area contributed by atoms with Crippen molar-refractivity contribution in [1.29, 1.82) is 0 Å². The predicted octanol–water partition coefficient (Wildman–Crippen LogP) is 4.53. The third-order valence-corrected chi connectivity index (χ3v) is 5.38. The van der Waals surface area contributed by atoms with Gasteiger partial charge in [0.1, 0.15) is 0 Å². The van der Waals surface area contributed by atoms with Gasteiger partial charge in [0.25, 0.3) is 0 Å². The summed E-state index contributed by atoms with van der Waals surface area (Å²) in [6.07, 6.45) is 4.61. The molecule has 1 aromatic carbocycles. The number of nitrogens with one attached hydrogen (secondary N) is 1. The molecule has 1 N–H and O–H groups in total. The Hall–Kier alpha value is -0.380. The number of hydrogen-bond acceptors (Lipinski definition) is 2. The van der Waals surface area contributed by atoms with Gasteiger partial charge in [0.2, 0.25) is 5.91 Å². The molecule has 1 aliphatic rings. The van der Waals surface area contributed by atoms with E-state index in [1.165, 1.54) is 24.6 Å². The molecule has 1 atom stereocenters. The Labute approximate surface area is 128 Å². The molecule has 2 rings (SSSR count). The van der Waals surface area contributed by atoms with Crippen LogP contribution in [0.5, 0.6) is 0 Å². The van der Waals surface area contributed by atoms with E-state index < -0.39 is 0 Å². The van der Waals surface area contributed by atoms with Crippen LogP contribution < -0.4 is 5.32 Å². The molecule has 1 saturated carbocycles. The van der Waals surface area contributed by atoms with Crippen molar-refractivity contribution in [2.75, 3.05) is 0 Å². The summed E-state index contributed by atoms with van der Waals surface area (Å²) < 4.78 is 0. The van der Waals surface area contributed by atoms with E-state index >= 15 is 0 Å². The van der Waals surface area contributed by atoms with E-state index in [0.29, 0.717) is 16.1 Å². The van der Waals surface area contributed by atoms with Crippen molar-refractivity contribution in [3.63, 3.8) is 0 Å². The SMILES string of the molecule is C[C@H](Sc1c(Cl)cccc1Cl)C(=O)NC1CCCC1. The molecule has 0 aliphatic heterocycles. The van der Waals surface area contributed by atoms with E-state index in [2.05, 4.69) is 5.32 Å². The van der Waals surface area contributed by atoms with Crippen LogP contribution in [0.25, 0.3) is 0 Å². The molecule has 0 spiro atoms. The first-order valence-corrected chi connectivity index (χ1v) is 8.12. The summed E-state index contributed by atoms with van der Waals surface area (Å²) in [5.74, 6) is 0.0629. The van der Waals surface area contributed by atoms with Crippen LogP contribution in [0.3, 0.4) is 0 Å². The number of halogens is 2. The predicted molar refractivity (Wildman–Crippen MR) is 82.2 cm³/mol. The van der Waals surface area contributed by atoms with Gasteiger partial charge in [-0.2, -0.15) is 0 Å². The molecule has 1 aromatic rings. The normalized spacial score (nSPS) is 17.4. The Morgan fingerprint density at radius 1 is 1.32 bits per heavy atom. The van der Waals surface area contributed by atoms with Gasteiger partial charge in [-0.1, -0.05) is 42.1 Å². The Morgan fingerprint density at radius 2 is 1.89 bits per heavy atom. The monoisotopic (exact) mass is 317 g/mol. The summed E-state index contributed by atoms with van der Waals surface area (Å²) in [6, 6.07) is 5.73. The van der Waals surface area contributed by atoms with E-state index in [4.69, 9.17) is 23.2 Å².